The number of methoxy groups -OCH3 is 1. The molecule has 2 heterocycles. The van der Waals surface area contributed by atoms with Crippen molar-refractivity contribution in [1.29, 1.82) is 0 Å². The van der Waals surface area contributed by atoms with E-state index in [4.69, 9.17) is 18.9 Å². The fourth-order valence-electron chi connectivity index (χ4n) is 2.82. The normalized spacial score (nSPS) is 12.3. The lowest BCUT2D eigenvalue weighted by molar-refractivity contribution is 0.0944. The zero-order valence-electron chi connectivity index (χ0n) is 16.4. The SMILES string of the molecule is COc1ccc(-c2nc(OCC(C)C)nn2C(=O)c2ccc3c(c2)OCO3)cc1. The van der Waals surface area contributed by atoms with Gasteiger partial charge in [0.15, 0.2) is 17.3 Å². The maximum Gasteiger partial charge on any atom is 0.336 e. The monoisotopic (exact) mass is 395 g/mol. The molecule has 8 heteroatoms. The van der Waals surface area contributed by atoms with Crippen LogP contribution in [-0.2, 0) is 0 Å². The van der Waals surface area contributed by atoms with E-state index in [0.717, 1.165) is 0 Å². The first-order valence-corrected chi connectivity index (χ1v) is 9.24. The molecule has 0 N–H and O–H groups in total. The number of benzene rings is 2. The highest BCUT2D eigenvalue weighted by Gasteiger charge is 2.23. The summed E-state index contributed by atoms with van der Waals surface area (Å²) in [6.07, 6.45) is 0. The minimum absolute atomic E-state index is 0.139. The van der Waals surface area contributed by atoms with Gasteiger partial charge in [0.2, 0.25) is 6.79 Å². The molecule has 0 radical (unpaired) electrons. The smallest absolute Gasteiger partial charge is 0.336 e. The summed E-state index contributed by atoms with van der Waals surface area (Å²) in [5, 5.41) is 4.30. The Balaban J connectivity index is 1.72. The molecule has 0 atom stereocenters. The van der Waals surface area contributed by atoms with Gasteiger partial charge in [0.25, 0.3) is 5.91 Å². The van der Waals surface area contributed by atoms with Crippen LogP contribution in [0.4, 0.5) is 0 Å². The molecule has 1 aromatic heterocycles. The number of carbonyl (C=O) groups excluding carboxylic acids is 1. The molecule has 3 aromatic rings. The number of carbonyl (C=O) groups is 1. The summed E-state index contributed by atoms with van der Waals surface area (Å²) in [5.74, 6) is 2.18. The van der Waals surface area contributed by atoms with Gasteiger partial charge in [-0.2, -0.15) is 9.67 Å². The van der Waals surface area contributed by atoms with Crippen LogP contribution in [0.5, 0.6) is 23.3 Å². The van der Waals surface area contributed by atoms with Crippen LogP contribution in [0.15, 0.2) is 42.5 Å². The molecular formula is C21H21N3O5. The van der Waals surface area contributed by atoms with E-state index in [1.165, 1.54) is 4.68 Å². The molecule has 0 aliphatic carbocycles. The van der Waals surface area contributed by atoms with E-state index >= 15 is 0 Å². The summed E-state index contributed by atoms with van der Waals surface area (Å²) in [6.45, 7) is 4.64. The molecule has 0 unspecified atom stereocenters. The van der Waals surface area contributed by atoms with E-state index in [-0.39, 0.29) is 18.7 Å². The van der Waals surface area contributed by atoms with Crippen molar-refractivity contribution in [2.24, 2.45) is 5.92 Å². The Bertz CT molecular complexity index is 1030. The Morgan fingerprint density at radius 3 is 2.62 bits per heavy atom. The molecule has 29 heavy (non-hydrogen) atoms. The van der Waals surface area contributed by atoms with Crippen LogP contribution >= 0.6 is 0 Å². The summed E-state index contributed by atoms with van der Waals surface area (Å²) in [4.78, 5) is 17.6. The zero-order valence-corrected chi connectivity index (χ0v) is 16.4. The summed E-state index contributed by atoms with van der Waals surface area (Å²) in [5.41, 5.74) is 1.12. The van der Waals surface area contributed by atoms with Crippen molar-refractivity contribution in [3.8, 4) is 34.6 Å². The van der Waals surface area contributed by atoms with E-state index in [1.54, 1.807) is 37.4 Å². The number of rotatable bonds is 6. The minimum atomic E-state index is -0.346. The van der Waals surface area contributed by atoms with Crippen LogP contribution in [0.2, 0.25) is 0 Å². The molecule has 0 saturated heterocycles. The molecule has 1 aliphatic heterocycles. The first-order valence-electron chi connectivity index (χ1n) is 9.24. The molecular weight excluding hydrogens is 374 g/mol. The lowest BCUT2D eigenvalue weighted by Crippen LogP contribution is -2.15. The van der Waals surface area contributed by atoms with Crippen LogP contribution < -0.4 is 18.9 Å². The molecule has 0 saturated carbocycles. The second kappa shape index (κ2) is 7.83. The minimum Gasteiger partial charge on any atom is -0.497 e. The van der Waals surface area contributed by atoms with Gasteiger partial charge in [-0.15, -0.1) is 5.10 Å². The molecule has 4 rings (SSSR count). The van der Waals surface area contributed by atoms with Crippen molar-refractivity contribution < 1.29 is 23.7 Å². The standard InChI is InChI=1S/C21H21N3O5/c1-13(2)11-27-21-22-19(14-4-7-16(26-3)8-5-14)24(23-21)20(25)15-6-9-17-18(10-15)29-12-28-17/h4-10,13H,11-12H2,1-3H3. The summed E-state index contributed by atoms with van der Waals surface area (Å²) in [7, 11) is 1.60. The van der Waals surface area contributed by atoms with Gasteiger partial charge in [-0.1, -0.05) is 13.8 Å². The first kappa shape index (κ1) is 18.8. The predicted molar refractivity (Wildman–Crippen MR) is 105 cm³/mol. The third-order valence-corrected chi connectivity index (χ3v) is 4.29. The van der Waals surface area contributed by atoms with Crippen molar-refractivity contribution in [3.05, 3.63) is 48.0 Å². The molecule has 0 spiro atoms. The van der Waals surface area contributed by atoms with Crippen molar-refractivity contribution in [1.82, 2.24) is 14.8 Å². The van der Waals surface area contributed by atoms with Gasteiger partial charge in [0.1, 0.15) is 5.75 Å². The lowest BCUT2D eigenvalue weighted by Gasteiger charge is -2.06. The van der Waals surface area contributed by atoms with Gasteiger partial charge in [0, 0.05) is 11.1 Å². The van der Waals surface area contributed by atoms with Gasteiger partial charge in [-0.05, 0) is 48.4 Å². The highest BCUT2D eigenvalue weighted by molar-refractivity contribution is 5.98. The van der Waals surface area contributed by atoms with Gasteiger partial charge in [0.05, 0.1) is 13.7 Å². The second-order valence-electron chi connectivity index (χ2n) is 6.94. The van der Waals surface area contributed by atoms with E-state index in [1.807, 2.05) is 26.0 Å². The number of nitrogens with zero attached hydrogens (tertiary/aromatic N) is 3. The van der Waals surface area contributed by atoms with Crippen LogP contribution in [0, 0.1) is 5.92 Å². The van der Waals surface area contributed by atoms with Crippen LogP contribution in [-0.4, -0.2) is 41.2 Å². The van der Waals surface area contributed by atoms with E-state index in [9.17, 15) is 4.79 Å². The Hall–Kier alpha value is -3.55. The number of hydrogen-bond donors (Lipinski definition) is 0. The number of ether oxygens (including phenoxy) is 4. The van der Waals surface area contributed by atoms with Crippen molar-refractivity contribution in [3.63, 3.8) is 0 Å². The lowest BCUT2D eigenvalue weighted by atomic mass is 10.1. The quantitative estimate of drug-likeness (QED) is 0.632. The Labute approximate surface area is 168 Å². The molecule has 0 amide bonds. The average Bonchev–Trinajstić information content (AvgIpc) is 3.38. The van der Waals surface area contributed by atoms with Crippen LogP contribution in [0.25, 0.3) is 11.4 Å². The number of hydrogen-bond acceptors (Lipinski definition) is 7. The maximum absolute atomic E-state index is 13.2. The number of aromatic nitrogens is 3. The van der Waals surface area contributed by atoms with Crippen LogP contribution in [0.1, 0.15) is 24.2 Å². The van der Waals surface area contributed by atoms with Gasteiger partial charge in [-0.3, -0.25) is 4.79 Å². The zero-order chi connectivity index (χ0) is 20.4. The Kier molecular flexibility index (Phi) is 5.07. The molecule has 2 aromatic carbocycles. The molecule has 1 aliphatic rings. The Morgan fingerprint density at radius 1 is 1.14 bits per heavy atom. The first-order chi connectivity index (χ1) is 14.0. The van der Waals surface area contributed by atoms with E-state index in [0.29, 0.717) is 46.7 Å². The van der Waals surface area contributed by atoms with Crippen molar-refractivity contribution in [2.75, 3.05) is 20.5 Å². The second-order valence-corrected chi connectivity index (χ2v) is 6.94. The fraction of sp³-hybridized carbons (Fsp3) is 0.286. The highest BCUT2D eigenvalue weighted by atomic mass is 16.7. The number of fused-ring (bicyclic) bond motifs is 1. The molecule has 8 nitrogen and oxygen atoms in total. The van der Waals surface area contributed by atoms with E-state index in [2.05, 4.69) is 10.1 Å². The predicted octanol–water partition coefficient (Wildman–Crippen LogP) is 3.41. The highest BCUT2D eigenvalue weighted by Crippen LogP contribution is 2.33. The van der Waals surface area contributed by atoms with E-state index < -0.39 is 0 Å². The third-order valence-electron chi connectivity index (χ3n) is 4.29. The maximum atomic E-state index is 13.2. The van der Waals surface area contributed by atoms with Crippen LogP contribution in [0.3, 0.4) is 0 Å². The third kappa shape index (κ3) is 3.87. The fourth-order valence-corrected chi connectivity index (χ4v) is 2.82. The summed E-state index contributed by atoms with van der Waals surface area (Å²) < 4.78 is 22.8. The molecule has 150 valence electrons. The molecule has 0 fully saturated rings. The van der Waals surface area contributed by atoms with Gasteiger partial charge < -0.3 is 18.9 Å². The van der Waals surface area contributed by atoms with Crippen molar-refractivity contribution >= 4 is 5.91 Å². The summed E-state index contributed by atoms with van der Waals surface area (Å²) >= 11 is 0. The summed E-state index contributed by atoms with van der Waals surface area (Å²) in [6, 6.07) is 12.4. The average molecular weight is 395 g/mol. The Morgan fingerprint density at radius 2 is 1.90 bits per heavy atom. The van der Waals surface area contributed by atoms with Gasteiger partial charge in [-0.25, -0.2) is 0 Å². The largest absolute Gasteiger partial charge is 0.497 e. The van der Waals surface area contributed by atoms with Gasteiger partial charge >= 0.3 is 6.01 Å². The van der Waals surface area contributed by atoms with Crippen molar-refractivity contribution in [2.45, 2.75) is 13.8 Å². The topological polar surface area (TPSA) is 84.7 Å². The molecule has 0 bridgehead atoms.